The zero-order valence-electron chi connectivity index (χ0n) is 15.3. The van der Waals surface area contributed by atoms with Crippen LogP contribution in [0.5, 0.6) is 0 Å². The van der Waals surface area contributed by atoms with Gasteiger partial charge >= 0.3 is 0 Å². The molecule has 1 aromatic heterocycles. The molecule has 2 fully saturated rings. The van der Waals surface area contributed by atoms with Crippen LogP contribution < -0.4 is 0 Å². The fourth-order valence-corrected chi connectivity index (χ4v) is 4.25. The van der Waals surface area contributed by atoms with Crippen molar-refractivity contribution < 1.29 is 9.53 Å². The first-order valence-electron chi connectivity index (χ1n) is 9.53. The molecule has 1 amide bonds. The van der Waals surface area contributed by atoms with E-state index in [9.17, 15) is 4.79 Å². The maximum absolute atomic E-state index is 13.3. The summed E-state index contributed by atoms with van der Waals surface area (Å²) in [4.78, 5) is 21.7. The lowest BCUT2D eigenvalue weighted by Gasteiger charge is -2.42. The summed E-state index contributed by atoms with van der Waals surface area (Å²) in [6.07, 6.45) is 5.55. The van der Waals surface area contributed by atoms with Gasteiger partial charge in [-0.25, -0.2) is 0 Å². The SMILES string of the molecule is O=C(c1cncc(Cl)c1)N1CCO[C@@H](CN2CCCC2)[C@@H]1c1ccccc1. The molecule has 0 bridgehead atoms. The van der Waals surface area contributed by atoms with E-state index >= 15 is 0 Å². The van der Waals surface area contributed by atoms with Crippen LogP contribution in [-0.4, -0.2) is 59.6 Å². The second-order valence-electron chi connectivity index (χ2n) is 7.16. The van der Waals surface area contributed by atoms with Gasteiger partial charge in [0.25, 0.3) is 5.91 Å². The van der Waals surface area contributed by atoms with Gasteiger partial charge in [0.2, 0.25) is 0 Å². The van der Waals surface area contributed by atoms with Gasteiger partial charge in [0.1, 0.15) is 0 Å². The van der Waals surface area contributed by atoms with Gasteiger partial charge in [-0.2, -0.15) is 0 Å². The van der Waals surface area contributed by atoms with Gasteiger partial charge in [-0.05, 0) is 37.6 Å². The van der Waals surface area contributed by atoms with Gasteiger partial charge in [0.15, 0.2) is 0 Å². The molecular formula is C21H24ClN3O2. The Morgan fingerprint density at radius 3 is 2.67 bits per heavy atom. The lowest BCUT2D eigenvalue weighted by atomic mass is 9.96. The summed E-state index contributed by atoms with van der Waals surface area (Å²) in [5.41, 5.74) is 1.62. The van der Waals surface area contributed by atoms with Gasteiger partial charge in [0.05, 0.1) is 29.3 Å². The summed E-state index contributed by atoms with van der Waals surface area (Å²) < 4.78 is 6.17. The summed E-state index contributed by atoms with van der Waals surface area (Å²) in [6, 6.07) is 11.7. The Balaban J connectivity index is 1.64. The predicted molar refractivity (Wildman–Crippen MR) is 105 cm³/mol. The van der Waals surface area contributed by atoms with Gasteiger partial charge in [-0.1, -0.05) is 41.9 Å². The van der Waals surface area contributed by atoms with Crippen molar-refractivity contribution in [3.8, 4) is 0 Å². The van der Waals surface area contributed by atoms with Crippen LogP contribution in [0.1, 0.15) is 34.8 Å². The molecule has 2 aromatic rings. The van der Waals surface area contributed by atoms with Gasteiger partial charge < -0.3 is 14.5 Å². The van der Waals surface area contributed by atoms with Gasteiger partial charge in [-0.3, -0.25) is 9.78 Å². The van der Waals surface area contributed by atoms with E-state index in [1.54, 1.807) is 18.5 Å². The largest absolute Gasteiger partial charge is 0.373 e. The third kappa shape index (κ3) is 4.15. The van der Waals surface area contributed by atoms with Crippen molar-refractivity contribution in [1.82, 2.24) is 14.8 Å². The predicted octanol–water partition coefficient (Wildman–Crippen LogP) is 3.41. The quantitative estimate of drug-likeness (QED) is 0.809. The number of benzene rings is 1. The molecule has 2 aliphatic rings. The molecule has 0 saturated carbocycles. The highest BCUT2D eigenvalue weighted by atomic mass is 35.5. The molecule has 4 rings (SSSR count). The number of morpholine rings is 1. The molecule has 0 radical (unpaired) electrons. The van der Waals surface area contributed by atoms with Crippen molar-refractivity contribution >= 4 is 17.5 Å². The molecule has 0 N–H and O–H groups in total. The van der Waals surface area contributed by atoms with Crippen LogP contribution in [0.15, 0.2) is 48.8 Å². The fraction of sp³-hybridized carbons (Fsp3) is 0.429. The molecule has 0 spiro atoms. The Labute approximate surface area is 164 Å². The van der Waals surface area contributed by atoms with Crippen LogP contribution >= 0.6 is 11.6 Å². The number of hydrogen-bond acceptors (Lipinski definition) is 4. The molecule has 6 heteroatoms. The molecule has 142 valence electrons. The van der Waals surface area contributed by atoms with Gasteiger partial charge in [-0.15, -0.1) is 0 Å². The summed E-state index contributed by atoms with van der Waals surface area (Å²) in [6.45, 7) is 4.15. The normalized spacial score (nSPS) is 23.5. The van der Waals surface area contributed by atoms with E-state index < -0.39 is 0 Å². The van der Waals surface area contributed by atoms with Gasteiger partial charge in [0, 0.05) is 25.5 Å². The van der Waals surface area contributed by atoms with E-state index in [0.29, 0.717) is 23.7 Å². The number of halogens is 1. The lowest BCUT2D eigenvalue weighted by molar-refractivity contribution is -0.0707. The molecule has 2 aliphatic heterocycles. The molecular weight excluding hydrogens is 362 g/mol. The molecule has 3 heterocycles. The summed E-state index contributed by atoms with van der Waals surface area (Å²) in [7, 11) is 0. The molecule has 5 nitrogen and oxygen atoms in total. The topological polar surface area (TPSA) is 45.7 Å². The Bertz CT molecular complexity index is 780. The lowest BCUT2D eigenvalue weighted by Crippen LogP contribution is -2.51. The number of hydrogen-bond donors (Lipinski definition) is 0. The second-order valence-corrected chi connectivity index (χ2v) is 7.60. The average molecular weight is 386 g/mol. The second kappa shape index (κ2) is 8.38. The number of carbonyl (C=O) groups is 1. The number of pyridine rings is 1. The van der Waals surface area contributed by atoms with E-state index in [1.165, 1.54) is 12.8 Å². The fourth-order valence-electron chi connectivity index (χ4n) is 4.07. The highest BCUT2D eigenvalue weighted by molar-refractivity contribution is 6.30. The third-order valence-corrected chi connectivity index (χ3v) is 5.55. The Kier molecular flexibility index (Phi) is 5.72. The van der Waals surface area contributed by atoms with Crippen molar-refractivity contribution in [1.29, 1.82) is 0 Å². The van der Waals surface area contributed by atoms with E-state index in [0.717, 1.165) is 25.2 Å². The first-order chi connectivity index (χ1) is 13.2. The van der Waals surface area contributed by atoms with Crippen molar-refractivity contribution in [3.63, 3.8) is 0 Å². The minimum Gasteiger partial charge on any atom is -0.373 e. The highest BCUT2D eigenvalue weighted by Gasteiger charge is 2.38. The van der Waals surface area contributed by atoms with E-state index in [-0.39, 0.29) is 18.1 Å². The maximum Gasteiger partial charge on any atom is 0.256 e. The zero-order chi connectivity index (χ0) is 18.6. The number of likely N-dealkylation sites (tertiary alicyclic amines) is 1. The Morgan fingerprint density at radius 2 is 1.93 bits per heavy atom. The van der Waals surface area contributed by atoms with Crippen LogP contribution in [0.3, 0.4) is 0 Å². The molecule has 0 aliphatic carbocycles. The first-order valence-corrected chi connectivity index (χ1v) is 9.90. The number of aromatic nitrogens is 1. The number of carbonyl (C=O) groups excluding carboxylic acids is 1. The number of nitrogens with zero attached hydrogens (tertiary/aromatic N) is 3. The molecule has 2 saturated heterocycles. The minimum absolute atomic E-state index is 0.0460. The molecule has 2 atom stereocenters. The highest BCUT2D eigenvalue weighted by Crippen LogP contribution is 2.32. The van der Waals surface area contributed by atoms with E-state index in [2.05, 4.69) is 22.0 Å². The first kappa shape index (κ1) is 18.4. The number of rotatable bonds is 4. The maximum atomic E-state index is 13.3. The monoisotopic (exact) mass is 385 g/mol. The summed E-state index contributed by atoms with van der Waals surface area (Å²) in [5.74, 6) is -0.0476. The minimum atomic E-state index is -0.118. The summed E-state index contributed by atoms with van der Waals surface area (Å²) in [5, 5.41) is 0.471. The average Bonchev–Trinajstić information content (AvgIpc) is 3.21. The van der Waals surface area contributed by atoms with Crippen molar-refractivity contribution in [2.75, 3.05) is 32.8 Å². The van der Waals surface area contributed by atoms with Crippen molar-refractivity contribution in [2.45, 2.75) is 25.0 Å². The Morgan fingerprint density at radius 1 is 1.15 bits per heavy atom. The molecule has 0 unspecified atom stereocenters. The molecule has 27 heavy (non-hydrogen) atoms. The smallest absolute Gasteiger partial charge is 0.256 e. The Hall–Kier alpha value is -1.95. The summed E-state index contributed by atoms with van der Waals surface area (Å²) >= 11 is 6.06. The van der Waals surface area contributed by atoms with Crippen LogP contribution in [0.2, 0.25) is 5.02 Å². The van der Waals surface area contributed by atoms with Crippen LogP contribution in [0, 0.1) is 0 Å². The van der Waals surface area contributed by atoms with Crippen molar-refractivity contribution in [2.24, 2.45) is 0 Å². The third-order valence-electron chi connectivity index (χ3n) is 5.34. The van der Waals surface area contributed by atoms with E-state index in [4.69, 9.17) is 16.3 Å². The number of ether oxygens (including phenoxy) is 1. The van der Waals surface area contributed by atoms with Crippen LogP contribution in [0.25, 0.3) is 0 Å². The number of amides is 1. The molecule has 1 aromatic carbocycles. The van der Waals surface area contributed by atoms with Crippen molar-refractivity contribution in [3.05, 3.63) is 64.9 Å². The van der Waals surface area contributed by atoms with Crippen LogP contribution in [-0.2, 0) is 4.74 Å². The van der Waals surface area contributed by atoms with E-state index in [1.807, 2.05) is 23.1 Å². The zero-order valence-corrected chi connectivity index (χ0v) is 16.0. The standard InChI is InChI=1S/C21H24ClN3O2/c22-18-12-17(13-23-14-18)21(26)25-10-11-27-19(15-24-8-4-5-9-24)20(25)16-6-2-1-3-7-16/h1-3,6-7,12-14,19-20H,4-5,8-11,15H2/t19-,20-/m0/s1. The van der Waals surface area contributed by atoms with Crippen LogP contribution in [0.4, 0.5) is 0 Å².